The van der Waals surface area contributed by atoms with Gasteiger partial charge < -0.3 is 9.72 Å². The summed E-state index contributed by atoms with van der Waals surface area (Å²) in [5.41, 5.74) is 0.650. The highest BCUT2D eigenvalue weighted by atomic mass is 35.5. The average molecular weight is 704 g/mol. The van der Waals surface area contributed by atoms with Gasteiger partial charge in [-0.3, -0.25) is 19.3 Å². The van der Waals surface area contributed by atoms with Crippen LogP contribution in [0.1, 0.15) is 33.9 Å². The number of nitrogens with one attached hydrogen (secondary N) is 1. The van der Waals surface area contributed by atoms with E-state index in [1.54, 1.807) is 18.2 Å². The molecular weight excluding hydrogens is 680 g/mol. The number of anilines is 1. The molecule has 7 atom stereocenters. The first kappa shape index (κ1) is 30.1. The second kappa shape index (κ2) is 10.9. The van der Waals surface area contributed by atoms with Crippen LogP contribution in [0.4, 0.5) is 18.9 Å². The molecule has 13 heteroatoms. The first-order valence-electron chi connectivity index (χ1n) is 14.6. The summed E-state index contributed by atoms with van der Waals surface area (Å²) in [5, 5.41) is 1.66. The van der Waals surface area contributed by atoms with Crippen LogP contribution in [-0.4, -0.2) is 22.0 Å². The molecule has 4 aromatic rings. The van der Waals surface area contributed by atoms with Crippen molar-refractivity contribution in [1.82, 2.24) is 4.98 Å². The lowest BCUT2D eigenvalue weighted by Gasteiger charge is -2.43. The van der Waals surface area contributed by atoms with Gasteiger partial charge in [0.25, 0.3) is 0 Å². The van der Waals surface area contributed by atoms with Gasteiger partial charge in [0.2, 0.25) is 11.8 Å². The predicted octanol–water partition coefficient (Wildman–Crippen LogP) is 8.02. The molecule has 2 saturated carbocycles. The summed E-state index contributed by atoms with van der Waals surface area (Å²) < 4.78 is 47.0. The Balaban J connectivity index is 1.19. The number of thiazole rings is 1. The van der Waals surface area contributed by atoms with Crippen LogP contribution >= 0.6 is 46.3 Å². The van der Waals surface area contributed by atoms with E-state index in [4.69, 9.17) is 27.9 Å². The Morgan fingerprint density at radius 1 is 0.913 bits per heavy atom. The van der Waals surface area contributed by atoms with Crippen LogP contribution < -0.4 is 14.5 Å². The van der Waals surface area contributed by atoms with Crippen LogP contribution in [0.2, 0.25) is 10.0 Å². The van der Waals surface area contributed by atoms with Crippen LogP contribution in [-0.2, 0) is 22.4 Å². The van der Waals surface area contributed by atoms with Crippen LogP contribution in [0.25, 0.3) is 0 Å². The van der Waals surface area contributed by atoms with E-state index in [1.807, 2.05) is 24.3 Å². The lowest BCUT2D eigenvalue weighted by molar-refractivity contribution is -0.137. The van der Waals surface area contributed by atoms with E-state index in [9.17, 15) is 27.6 Å². The van der Waals surface area contributed by atoms with Crippen molar-refractivity contribution in [3.8, 4) is 5.75 Å². The average Bonchev–Trinajstić information content (AvgIpc) is 3.75. The van der Waals surface area contributed by atoms with Crippen LogP contribution in [0.15, 0.2) is 76.6 Å². The van der Waals surface area contributed by atoms with Gasteiger partial charge in [-0.2, -0.15) is 13.2 Å². The highest BCUT2D eigenvalue weighted by Crippen LogP contribution is 2.69. The lowest BCUT2D eigenvalue weighted by Crippen LogP contribution is -2.42. The number of hydrogen-bond acceptors (Lipinski definition) is 6. The SMILES string of the molecule is O=C1[C@H]2[C@H]3C[C@@H]([C@@H]2C(=O)N1c1cccc(C(F)(F)F)c1)[C@H]1[C@H](c2cc(Cl)ccc2OCc2cccc(Cl)c2)c2sc(=O)[nH]c2S[C@H]31. The topological polar surface area (TPSA) is 79.5 Å². The molecule has 1 saturated heterocycles. The Labute approximate surface area is 278 Å². The highest BCUT2D eigenvalue weighted by molar-refractivity contribution is 8.00. The molecule has 0 spiro atoms. The van der Waals surface area contributed by atoms with Gasteiger partial charge in [0.05, 0.1) is 28.1 Å². The Bertz CT molecular complexity index is 1980. The molecule has 0 radical (unpaired) electrons. The maximum absolute atomic E-state index is 14.0. The second-order valence-electron chi connectivity index (χ2n) is 12.1. The molecule has 236 valence electrons. The number of aromatic amines is 1. The third-order valence-corrected chi connectivity index (χ3v) is 12.8. The number of imide groups is 1. The van der Waals surface area contributed by atoms with Crippen LogP contribution in [0.3, 0.4) is 0 Å². The van der Waals surface area contributed by atoms with Crippen molar-refractivity contribution in [3.05, 3.63) is 108 Å². The Hall–Kier alpha value is -3.25. The zero-order valence-corrected chi connectivity index (χ0v) is 26.7. The summed E-state index contributed by atoms with van der Waals surface area (Å²) in [5.74, 6) is -2.64. The largest absolute Gasteiger partial charge is 0.489 e. The molecule has 2 aliphatic heterocycles. The van der Waals surface area contributed by atoms with Crippen molar-refractivity contribution in [2.24, 2.45) is 29.6 Å². The summed E-state index contributed by atoms with van der Waals surface area (Å²) in [6.45, 7) is 0.233. The van der Waals surface area contributed by atoms with Crippen molar-refractivity contribution in [1.29, 1.82) is 0 Å². The maximum Gasteiger partial charge on any atom is 0.416 e. The summed E-state index contributed by atoms with van der Waals surface area (Å²) in [7, 11) is 0. The molecule has 1 N–H and O–H groups in total. The number of nitrogens with zero attached hydrogens (tertiary/aromatic N) is 1. The van der Waals surface area contributed by atoms with Crippen LogP contribution in [0, 0.1) is 29.6 Å². The van der Waals surface area contributed by atoms with Gasteiger partial charge in [-0.25, -0.2) is 0 Å². The number of amides is 2. The Morgan fingerprint density at radius 2 is 1.65 bits per heavy atom. The fraction of sp³-hybridized carbons (Fsp3) is 0.303. The van der Waals surface area contributed by atoms with Crippen molar-refractivity contribution < 1.29 is 27.5 Å². The maximum atomic E-state index is 14.0. The van der Waals surface area contributed by atoms with Gasteiger partial charge in [0, 0.05) is 31.7 Å². The van der Waals surface area contributed by atoms with Gasteiger partial charge in [0.15, 0.2) is 0 Å². The van der Waals surface area contributed by atoms with E-state index < -0.39 is 35.4 Å². The molecule has 8 rings (SSSR count). The van der Waals surface area contributed by atoms with Crippen molar-refractivity contribution >= 4 is 63.8 Å². The van der Waals surface area contributed by atoms with Gasteiger partial charge >= 0.3 is 11.0 Å². The summed E-state index contributed by atoms with van der Waals surface area (Å²) >= 11 is 15.4. The fourth-order valence-corrected chi connectivity index (χ4v) is 11.4. The van der Waals surface area contributed by atoms with Gasteiger partial charge in [-0.1, -0.05) is 52.7 Å². The number of benzene rings is 3. The molecule has 6 nitrogen and oxygen atoms in total. The van der Waals surface area contributed by atoms with E-state index in [-0.39, 0.29) is 46.1 Å². The standard InChI is InChI=1S/C33H23Cl2F3N2O4S2/c34-16-5-1-3-14(9-16)13-44-22-8-7-17(35)11-19(22)23-24-20-12-21(27(24)45-29-28(23)46-32(43)39-29)26-25(20)30(41)40(31(26)42)18-6-2-4-15(10-18)33(36,37)38/h1-11,20-21,23-27H,12-13H2,(H,39,43)/t20-,21-,23+,24+,25+,26+,27-/m1/s1. The molecule has 46 heavy (non-hydrogen) atoms. The number of hydrogen-bond donors (Lipinski definition) is 1. The Morgan fingerprint density at radius 3 is 2.41 bits per heavy atom. The first-order chi connectivity index (χ1) is 22.0. The van der Waals surface area contributed by atoms with E-state index in [1.165, 1.54) is 23.9 Å². The first-order valence-corrected chi connectivity index (χ1v) is 17.1. The number of fused-ring (bicyclic) bond motifs is 9. The molecule has 2 bridgehead atoms. The van der Waals surface area contributed by atoms with Gasteiger partial charge in [0.1, 0.15) is 12.4 Å². The number of rotatable bonds is 5. The molecule has 2 aliphatic carbocycles. The number of halogens is 5. The molecule has 4 aliphatic rings. The number of aromatic nitrogens is 1. The van der Waals surface area contributed by atoms with Crippen molar-refractivity contribution in [2.75, 3.05) is 4.90 Å². The van der Waals surface area contributed by atoms with E-state index in [2.05, 4.69) is 4.98 Å². The molecule has 3 fully saturated rings. The fourth-order valence-electron chi connectivity index (χ4n) is 8.12. The smallest absolute Gasteiger partial charge is 0.416 e. The number of carbonyl (C=O) groups excluding carboxylic acids is 2. The summed E-state index contributed by atoms with van der Waals surface area (Å²) in [6, 6.07) is 17.1. The molecule has 1 aromatic heterocycles. The zero-order valence-electron chi connectivity index (χ0n) is 23.6. The van der Waals surface area contributed by atoms with Crippen LogP contribution in [0.5, 0.6) is 5.75 Å². The number of H-pyrrole nitrogens is 1. The summed E-state index contributed by atoms with van der Waals surface area (Å²) in [6.07, 6.45) is -3.99. The zero-order chi connectivity index (χ0) is 32.1. The lowest BCUT2D eigenvalue weighted by atomic mass is 9.68. The minimum absolute atomic E-state index is 0.0687. The normalized spacial score (nSPS) is 27.9. The molecule has 3 heterocycles. The van der Waals surface area contributed by atoms with Gasteiger partial charge in [-0.15, -0.1) is 11.8 Å². The molecule has 0 unspecified atom stereocenters. The third kappa shape index (κ3) is 4.72. The Kier molecular flexibility index (Phi) is 7.13. The number of alkyl halides is 3. The van der Waals surface area contributed by atoms with E-state index in [0.717, 1.165) is 49.4 Å². The third-order valence-electron chi connectivity index (χ3n) is 9.75. The van der Waals surface area contributed by atoms with Gasteiger partial charge in [-0.05, 0) is 78.3 Å². The van der Waals surface area contributed by atoms with Crippen molar-refractivity contribution in [2.45, 2.75) is 35.4 Å². The number of ether oxygens (including phenoxy) is 1. The predicted molar refractivity (Wildman–Crippen MR) is 170 cm³/mol. The quantitative estimate of drug-likeness (QED) is 0.213. The monoisotopic (exact) mass is 702 g/mol. The molecule has 2 amide bonds. The molecule has 3 aromatic carbocycles. The minimum atomic E-state index is -4.62. The number of carbonyl (C=O) groups is 2. The minimum Gasteiger partial charge on any atom is -0.489 e. The highest BCUT2D eigenvalue weighted by Gasteiger charge is 2.70. The summed E-state index contributed by atoms with van der Waals surface area (Å²) in [4.78, 5) is 45.2. The molecular formula is C33H23Cl2F3N2O4S2. The van der Waals surface area contributed by atoms with Crippen molar-refractivity contribution in [3.63, 3.8) is 0 Å². The number of thioether (sulfide) groups is 1. The second-order valence-corrected chi connectivity index (χ2v) is 15.2. The van der Waals surface area contributed by atoms with E-state index in [0.29, 0.717) is 22.2 Å². The van der Waals surface area contributed by atoms with E-state index >= 15 is 0 Å².